The van der Waals surface area contributed by atoms with Gasteiger partial charge in [0.05, 0.1) is 10.5 Å². The molecule has 0 fully saturated rings. The lowest BCUT2D eigenvalue weighted by Crippen LogP contribution is -2.30. The van der Waals surface area contributed by atoms with Crippen LogP contribution in [0, 0.1) is 5.41 Å². The van der Waals surface area contributed by atoms with E-state index in [4.69, 9.17) is 25.8 Å². The third-order valence-electron chi connectivity index (χ3n) is 5.35. The van der Waals surface area contributed by atoms with E-state index < -0.39 is 39.8 Å². The monoisotopic (exact) mass is 686 g/mol. The molecule has 0 aliphatic carbocycles. The minimum atomic E-state index is -5.08. The Morgan fingerprint density at radius 3 is 2.12 bits per heavy atom. The summed E-state index contributed by atoms with van der Waals surface area (Å²) in [5, 5.41) is 19.9. The van der Waals surface area contributed by atoms with Gasteiger partial charge in [0.15, 0.2) is 9.84 Å². The Balaban J connectivity index is 0.000000821. The zero-order chi connectivity index (χ0) is 32.5. The highest BCUT2D eigenvalue weighted by Crippen LogP contribution is 2.34. The number of carbonyl (C=O) groups excluding carboxylic acids is 2. The quantitative estimate of drug-likeness (QED) is 0.121. The van der Waals surface area contributed by atoms with Gasteiger partial charge < -0.3 is 26.2 Å². The summed E-state index contributed by atoms with van der Waals surface area (Å²) in [6.07, 6.45) is -4.34. The Bertz CT molecular complexity index is 1620. The van der Waals surface area contributed by atoms with E-state index in [0.717, 1.165) is 11.8 Å². The van der Waals surface area contributed by atoms with Crippen molar-refractivity contribution in [3.8, 4) is 11.5 Å². The van der Waals surface area contributed by atoms with Gasteiger partial charge >= 0.3 is 12.1 Å². The van der Waals surface area contributed by atoms with Crippen LogP contribution in [-0.2, 0) is 24.2 Å². The summed E-state index contributed by atoms with van der Waals surface area (Å²) in [5.74, 6) is -3.16. The number of carboxylic acid groups (broad SMARTS) is 1. The molecule has 3 rings (SSSR count). The number of nitrogen functional groups attached to an aromatic ring is 1. The molecule has 11 nitrogen and oxygen atoms in total. The zero-order valence-electron chi connectivity index (χ0n) is 22.5. The molecule has 0 saturated heterocycles. The summed E-state index contributed by atoms with van der Waals surface area (Å²) < 4.78 is 62.2. The SMILES string of the molecule is CC(NC(=O)CC(=O)Nc1ccc(C(=N)N)cc1)c1ccc(Oc2ccccc2S(C)(=O)=O)c(Br)c1.O=C(O)C(F)(F)F. The van der Waals surface area contributed by atoms with Crippen molar-refractivity contribution in [2.45, 2.75) is 30.5 Å². The molecule has 0 spiro atoms. The van der Waals surface area contributed by atoms with Crippen LogP contribution in [0.25, 0.3) is 0 Å². The number of hydrogen-bond donors (Lipinski definition) is 5. The van der Waals surface area contributed by atoms with Gasteiger partial charge in [-0.2, -0.15) is 13.2 Å². The maximum absolute atomic E-state index is 12.4. The second-order valence-electron chi connectivity index (χ2n) is 8.82. The third kappa shape index (κ3) is 11.1. The van der Waals surface area contributed by atoms with E-state index in [9.17, 15) is 31.2 Å². The Hall–Kier alpha value is -4.44. The topological polar surface area (TPSA) is 189 Å². The smallest absolute Gasteiger partial charge is 0.475 e. The number of para-hydroxylation sites is 1. The molecule has 3 aromatic rings. The van der Waals surface area contributed by atoms with Crippen LogP contribution in [0.1, 0.15) is 30.5 Å². The van der Waals surface area contributed by atoms with Crippen molar-refractivity contribution in [2.24, 2.45) is 5.73 Å². The molecule has 0 aromatic heterocycles. The molecule has 0 radical (unpaired) electrons. The van der Waals surface area contributed by atoms with E-state index in [1.54, 1.807) is 67.6 Å². The Labute approximate surface area is 252 Å². The van der Waals surface area contributed by atoms with Gasteiger partial charge in [-0.1, -0.05) is 18.2 Å². The number of amides is 2. The summed E-state index contributed by atoms with van der Waals surface area (Å²) in [4.78, 5) is 33.6. The Morgan fingerprint density at radius 1 is 1.02 bits per heavy atom. The number of amidine groups is 1. The van der Waals surface area contributed by atoms with E-state index in [2.05, 4.69) is 26.6 Å². The number of nitrogens with two attached hydrogens (primary N) is 1. The predicted octanol–water partition coefficient (Wildman–Crippen LogP) is 4.77. The van der Waals surface area contributed by atoms with Crippen molar-refractivity contribution in [3.63, 3.8) is 0 Å². The van der Waals surface area contributed by atoms with Gasteiger partial charge in [-0.25, -0.2) is 13.2 Å². The van der Waals surface area contributed by atoms with E-state index in [0.29, 0.717) is 21.5 Å². The minimum Gasteiger partial charge on any atom is -0.475 e. The van der Waals surface area contributed by atoms with Gasteiger partial charge in [0.2, 0.25) is 11.8 Å². The number of alkyl halides is 3. The molecule has 0 aliphatic heterocycles. The fraction of sp³-hybridized carbons (Fsp3) is 0.185. The van der Waals surface area contributed by atoms with Gasteiger partial charge in [-0.15, -0.1) is 0 Å². The van der Waals surface area contributed by atoms with Crippen molar-refractivity contribution in [1.29, 1.82) is 5.41 Å². The molecule has 0 bridgehead atoms. The lowest BCUT2D eigenvalue weighted by atomic mass is 10.1. The first-order chi connectivity index (χ1) is 19.9. The number of nitrogens with one attached hydrogen (secondary N) is 3. The fourth-order valence-corrected chi connectivity index (χ4v) is 4.57. The molecule has 6 N–H and O–H groups in total. The molecular weight excluding hydrogens is 661 g/mol. The van der Waals surface area contributed by atoms with Crippen LogP contribution in [0.5, 0.6) is 11.5 Å². The van der Waals surface area contributed by atoms with Gasteiger partial charge in [-0.05, 0) is 76.9 Å². The number of aliphatic carboxylic acids is 1. The number of hydrogen-bond acceptors (Lipinski definition) is 7. The molecule has 3 aromatic carbocycles. The molecule has 1 atom stereocenters. The number of carbonyl (C=O) groups is 3. The van der Waals surface area contributed by atoms with Crippen LogP contribution >= 0.6 is 15.9 Å². The zero-order valence-corrected chi connectivity index (χ0v) is 24.9. The number of benzene rings is 3. The van der Waals surface area contributed by atoms with Gasteiger partial charge in [0.25, 0.3) is 0 Å². The molecule has 16 heteroatoms. The maximum atomic E-state index is 12.4. The van der Waals surface area contributed by atoms with Crippen molar-refractivity contribution < 1.29 is 45.8 Å². The Kier molecular flexibility index (Phi) is 11.8. The molecule has 2 amide bonds. The summed E-state index contributed by atoms with van der Waals surface area (Å²) in [7, 11) is -3.47. The number of ether oxygens (including phenoxy) is 1. The molecule has 1 unspecified atom stereocenters. The van der Waals surface area contributed by atoms with Gasteiger partial charge in [0, 0.05) is 17.5 Å². The van der Waals surface area contributed by atoms with Crippen LogP contribution in [0.3, 0.4) is 0 Å². The van der Waals surface area contributed by atoms with Crippen LogP contribution in [0.2, 0.25) is 0 Å². The summed E-state index contributed by atoms with van der Waals surface area (Å²) in [6, 6.07) is 17.5. The lowest BCUT2D eigenvalue weighted by molar-refractivity contribution is -0.192. The van der Waals surface area contributed by atoms with Gasteiger partial charge in [-0.3, -0.25) is 15.0 Å². The number of halogens is 4. The first-order valence-electron chi connectivity index (χ1n) is 12.0. The second-order valence-corrected chi connectivity index (χ2v) is 11.7. The summed E-state index contributed by atoms with van der Waals surface area (Å²) >= 11 is 3.43. The summed E-state index contributed by atoms with van der Waals surface area (Å²) in [5.41, 5.74) is 7.18. The van der Waals surface area contributed by atoms with Crippen LogP contribution in [0.4, 0.5) is 18.9 Å². The molecule has 0 saturated carbocycles. The number of sulfone groups is 1. The molecule has 230 valence electrons. The highest BCUT2D eigenvalue weighted by molar-refractivity contribution is 9.10. The standard InChI is InChI=1S/C25H25BrN4O5S.C2HF3O2/c1-15(29-23(31)14-24(32)30-18-10-7-16(8-11-18)25(27)28)17-9-12-20(19(26)13-17)35-21-5-3-4-6-22(21)36(2,33)34;3-2(4,5)1(6)7/h3-13,15H,14H2,1-2H3,(H3,27,28)(H,29,31)(H,30,32);(H,6,7). The molecule has 0 heterocycles. The maximum Gasteiger partial charge on any atom is 0.490 e. The lowest BCUT2D eigenvalue weighted by Gasteiger charge is -2.17. The average Bonchev–Trinajstić information content (AvgIpc) is 2.89. The van der Waals surface area contributed by atoms with E-state index >= 15 is 0 Å². The second kappa shape index (κ2) is 14.6. The molecule has 0 aliphatic rings. The van der Waals surface area contributed by atoms with Crippen LogP contribution in [-0.4, -0.2) is 49.6 Å². The number of rotatable bonds is 9. The highest BCUT2D eigenvalue weighted by Gasteiger charge is 2.38. The first-order valence-corrected chi connectivity index (χ1v) is 14.7. The average molecular weight is 687 g/mol. The minimum absolute atomic E-state index is 0.0776. The van der Waals surface area contributed by atoms with E-state index in [-0.39, 0.29) is 22.9 Å². The van der Waals surface area contributed by atoms with Crippen LogP contribution in [0.15, 0.2) is 76.1 Å². The predicted molar refractivity (Wildman–Crippen MR) is 155 cm³/mol. The van der Waals surface area contributed by atoms with Crippen molar-refractivity contribution in [2.75, 3.05) is 11.6 Å². The van der Waals surface area contributed by atoms with E-state index in [1.807, 2.05) is 0 Å². The fourth-order valence-electron chi connectivity index (χ4n) is 3.29. The van der Waals surface area contributed by atoms with E-state index in [1.165, 1.54) is 6.07 Å². The van der Waals surface area contributed by atoms with Crippen molar-refractivity contribution in [3.05, 3.63) is 82.3 Å². The van der Waals surface area contributed by atoms with Crippen LogP contribution < -0.4 is 21.1 Å². The third-order valence-corrected chi connectivity index (χ3v) is 7.10. The number of anilines is 1. The van der Waals surface area contributed by atoms with Crippen molar-refractivity contribution in [1.82, 2.24) is 5.32 Å². The largest absolute Gasteiger partial charge is 0.490 e. The molecule has 43 heavy (non-hydrogen) atoms. The normalized spacial score (nSPS) is 11.8. The van der Waals surface area contributed by atoms with Crippen molar-refractivity contribution >= 4 is 55.1 Å². The molecular formula is C27H26BrF3N4O7S. The van der Waals surface area contributed by atoms with Gasteiger partial charge in [0.1, 0.15) is 28.7 Å². The first kappa shape index (κ1) is 34.8. The summed E-state index contributed by atoms with van der Waals surface area (Å²) in [6.45, 7) is 1.78. The highest BCUT2D eigenvalue weighted by atomic mass is 79.9. The Morgan fingerprint density at radius 2 is 1.60 bits per heavy atom. The number of carboxylic acids is 1.